The van der Waals surface area contributed by atoms with Gasteiger partial charge in [0, 0.05) is 6.54 Å². The molecule has 76 valence electrons. The zero-order valence-electron chi connectivity index (χ0n) is 8.30. The molecule has 1 aliphatic carbocycles. The Kier molecular flexibility index (Phi) is 2.55. The Morgan fingerprint density at radius 1 is 1.14 bits per heavy atom. The predicted octanol–water partition coefficient (Wildman–Crippen LogP) is 2.88. The highest BCUT2D eigenvalue weighted by atomic mass is 19.1. The Balaban J connectivity index is 2.23. The van der Waals surface area contributed by atoms with E-state index >= 15 is 0 Å². The Morgan fingerprint density at radius 3 is 2.21 bits per heavy atom. The molecule has 1 aliphatic rings. The van der Waals surface area contributed by atoms with Gasteiger partial charge in [0.05, 0.1) is 0 Å². The summed E-state index contributed by atoms with van der Waals surface area (Å²) in [5.74, 6) is 0. The summed E-state index contributed by atoms with van der Waals surface area (Å²) in [6.45, 7) is 0.527. The zero-order chi connectivity index (χ0) is 10.0. The minimum atomic E-state index is -1.06. The summed E-state index contributed by atoms with van der Waals surface area (Å²) in [5.41, 5.74) is 6.32. The molecule has 0 radical (unpaired) electrons. The number of hydrogen-bond donors (Lipinski definition) is 1. The van der Waals surface area contributed by atoms with Crippen molar-refractivity contribution in [2.75, 3.05) is 0 Å². The maximum Gasteiger partial charge on any atom is 0.136 e. The summed E-state index contributed by atoms with van der Waals surface area (Å²) in [5, 5.41) is 0. The van der Waals surface area contributed by atoms with Crippen LogP contribution >= 0.6 is 0 Å². The highest BCUT2D eigenvalue weighted by molar-refractivity contribution is 5.27. The summed E-state index contributed by atoms with van der Waals surface area (Å²) in [7, 11) is 0. The topological polar surface area (TPSA) is 26.0 Å². The number of alkyl halides is 1. The molecule has 1 aromatic carbocycles. The third kappa shape index (κ3) is 1.67. The van der Waals surface area contributed by atoms with Crippen molar-refractivity contribution in [3.63, 3.8) is 0 Å². The van der Waals surface area contributed by atoms with Crippen LogP contribution in [0, 0.1) is 0 Å². The second-order valence-electron chi connectivity index (χ2n) is 4.07. The lowest BCUT2D eigenvalue weighted by Crippen LogP contribution is -2.14. The lowest BCUT2D eigenvalue weighted by molar-refractivity contribution is 0.175. The summed E-state index contributed by atoms with van der Waals surface area (Å²) < 4.78 is 14.2. The van der Waals surface area contributed by atoms with Gasteiger partial charge >= 0.3 is 0 Å². The van der Waals surface area contributed by atoms with E-state index in [0.717, 1.165) is 24.0 Å². The van der Waals surface area contributed by atoms with Crippen LogP contribution in [0.15, 0.2) is 24.3 Å². The van der Waals surface area contributed by atoms with Crippen LogP contribution in [0.25, 0.3) is 0 Å². The third-order valence-electron chi connectivity index (χ3n) is 3.10. The van der Waals surface area contributed by atoms with Gasteiger partial charge in [-0.05, 0) is 36.8 Å². The molecule has 0 atom stereocenters. The first-order valence-corrected chi connectivity index (χ1v) is 5.23. The zero-order valence-corrected chi connectivity index (χ0v) is 8.30. The number of rotatable bonds is 2. The third-order valence-corrected chi connectivity index (χ3v) is 3.10. The largest absolute Gasteiger partial charge is 0.326 e. The highest BCUT2D eigenvalue weighted by Gasteiger charge is 2.35. The van der Waals surface area contributed by atoms with Crippen molar-refractivity contribution in [3.8, 4) is 0 Å². The van der Waals surface area contributed by atoms with Crippen LogP contribution in [0.2, 0.25) is 0 Å². The van der Waals surface area contributed by atoms with E-state index in [1.54, 1.807) is 0 Å². The van der Waals surface area contributed by atoms with E-state index < -0.39 is 5.67 Å². The molecule has 2 rings (SSSR count). The molecule has 0 unspecified atom stereocenters. The van der Waals surface area contributed by atoms with Gasteiger partial charge in [0.25, 0.3) is 0 Å². The Bertz CT molecular complexity index is 299. The van der Waals surface area contributed by atoms with Crippen molar-refractivity contribution in [1.82, 2.24) is 0 Å². The van der Waals surface area contributed by atoms with E-state index in [9.17, 15) is 4.39 Å². The minimum absolute atomic E-state index is 0.527. The van der Waals surface area contributed by atoms with Crippen LogP contribution in [-0.2, 0) is 12.2 Å². The van der Waals surface area contributed by atoms with E-state index in [2.05, 4.69) is 0 Å². The number of benzene rings is 1. The molecule has 1 saturated carbocycles. The second-order valence-corrected chi connectivity index (χ2v) is 4.07. The normalized spacial score (nSPS) is 19.9. The van der Waals surface area contributed by atoms with Crippen LogP contribution in [0.3, 0.4) is 0 Å². The standard InChI is InChI=1S/C12H16FN/c13-12(7-1-2-8-12)11-5-3-10(9-14)4-6-11/h3-6H,1-2,7-9,14H2. The Hall–Kier alpha value is -0.890. The van der Waals surface area contributed by atoms with E-state index in [4.69, 9.17) is 5.73 Å². The SMILES string of the molecule is NCc1ccc(C2(F)CCCC2)cc1. The van der Waals surface area contributed by atoms with Gasteiger partial charge < -0.3 is 5.73 Å². The van der Waals surface area contributed by atoms with Gasteiger partial charge in [-0.15, -0.1) is 0 Å². The van der Waals surface area contributed by atoms with Crippen molar-refractivity contribution in [2.45, 2.75) is 37.9 Å². The van der Waals surface area contributed by atoms with Gasteiger partial charge in [0.2, 0.25) is 0 Å². The summed E-state index contributed by atoms with van der Waals surface area (Å²) >= 11 is 0. The first kappa shape index (κ1) is 9.66. The van der Waals surface area contributed by atoms with Crippen molar-refractivity contribution in [2.24, 2.45) is 5.73 Å². The molecule has 0 spiro atoms. The molecular formula is C12H16FN. The Morgan fingerprint density at radius 2 is 1.71 bits per heavy atom. The fourth-order valence-corrected chi connectivity index (χ4v) is 2.16. The molecule has 2 N–H and O–H groups in total. The van der Waals surface area contributed by atoms with Crippen molar-refractivity contribution < 1.29 is 4.39 Å². The van der Waals surface area contributed by atoms with Gasteiger partial charge in [-0.25, -0.2) is 4.39 Å². The number of nitrogens with two attached hydrogens (primary N) is 1. The molecule has 1 aromatic rings. The lowest BCUT2D eigenvalue weighted by atomic mass is 9.93. The molecule has 0 saturated heterocycles. The minimum Gasteiger partial charge on any atom is -0.326 e. The Labute approximate surface area is 84.1 Å². The average Bonchev–Trinajstić information content (AvgIpc) is 2.67. The quantitative estimate of drug-likeness (QED) is 0.767. The highest BCUT2D eigenvalue weighted by Crippen LogP contribution is 2.42. The maximum absolute atomic E-state index is 14.2. The maximum atomic E-state index is 14.2. The van der Waals surface area contributed by atoms with Gasteiger partial charge in [-0.1, -0.05) is 24.3 Å². The smallest absolute Gasteiger partial charge is 0.136 e. The second kappa shape index (κ2) is 3.70. The van der Waals surface area contributed by atoms with Crippen LogP contribution < -0.4 is 5.73 Å². The van der Waals surface area contributed by atoms with Crippen molar-refractivity contribution in [3.05, 3.63) is 35.4 Å². The van der Waals surface area contributed by atoms with Gasteiger partial charge in [-0.3, -0.25) is 0 Å². The van der Waals surface area contributed by atoms with Crippen molar-refractivity contribution >= 4 is 0 Å². The van der Waals surface area contributed by atoms with E-state index in [1.165, 1.54) is 0 Å². The molecule has 0 amide bonds. The molecular weight excluding hydrogens is 177 g/mol. The molecule has 1 nitrogen and oxygen atoms in total. The van der Waals surface area contributed by atoms with Crippen LogP contribution in [0.4, 0.5) is 4.39 Å². The van der Waals surface area contributed by atoms with Gasteiger partial charge in [0.15, 0.2) is 0 Å². The number of halogens is 1. The fourth-order valence-electron chi connectivity index (χ4n) is 2.16. The summed E-state index contributed by atoms with van der Waals surface area (Å²) in [4.78, 5) is 0. The molecule has 2 heteroatoms. The van der Waals surface area contributed by atoms with E-state index in [-0.39, 0.29) is 0 Å². The van der Waals surface area contributed by atoms with Gasteiger partial charge in [0.1, 0.15) is 5.67 Å². The predicted molar refractivity (Wildman–Crippen MR) is 55.6 cm³/mol. The first-order valence-electron chi connectivity index (χ1n) is 5.23. The monoisotopic (exact) mass is 193 g/mol. The van der Waals surface area contributed by atoms with E-state index in [1.807, 2.05) is 24.3 Å². The molecule has 0 aromatic heterocycles. The first-order chi connectivity index (χ1) is 6.74. The fraction of sp³-hybridized carbons (Fsp3) is 0.500. The van der Waals surface area contributed by atoms with Crippen LogP contribution in [-0.4, -0.2) is 0 Å². The molecule has 1 fully saturated rings. The summed E-state index contributed by atoms with van der Waals surface area (Å²) in [6, 6.07) is 7.62. The van der Waals surface area contributed by atoms with Crippen LogP contribution in [0.1, 0.15) is 36.8 Å². The van der Waals surface area contributed by atoms with E-state index in [0.29, 0.717) is 19.4 Å². The van der Waals surface area contributed by atoms with Gasteiger partial charge in [-0.2, -0.15) is 0 Å². The summed E-state index contributed by atoms with van der Waals surface area (Å²) in [6.07, 6.45) is 3.37. The van der Waals surface area contributed by atoms with Crippen molar-refractivity contribution in [1.29, 1.82) is 0 Å². The number of hydrogen-bond acceptors (Lipinski definition) is 1. The molecule has 0 aliphatic heterocycles. The molecule has 0 bridgehead atoms. The lowest BCUT2D eigenvalue weighted by Gasteiger charge is -2.19. The molecule has 14 heavy (non-hydrogen) atoms. The average molecular weight is 193 g/mol. The molecule has 0 heterocycles. The van der Waals surface area contributed by atoms with Crippen LogP contribution in [0.5, 0.6) is 0 Å².